The lowest BCUT2D eigenvalue weighted by molar-refractivity contribution is 0.335. The summed E-state index contributed by atoms with van der Waals surface area (Å²) in [5, 5.41) is 9.30. The quantitative estimate of drug-likeness (QED) is 0.661. The molecule has 1 aromatic carbocycles. The van der Waals surface area contributed by atoms with Gasteiger partial charge in [0.05, 0.1) is 16.5 Å². The van der Waals surface area contributed by atoms with Crippen LogP contribution in [-0.2, 0) is 0 Å². The average molecular weight is 306 g/mol. The molecule has 1 aliphatic heterocycles. The molecule has 0 unspecified atom stereocenters. The molecule has 3 rings (SSSR count). The lowest BCUT2D eigenvalue weighted by Crippen LogP contribution is -2.50. The molecule has 0 atom stereocenters. The van der Waals surface area contributed by atoms with Crippen LogP contribution >= 0.6 is 11.6 Å². The fourth-order valence-electron chi connectivity index (χ4n) is 3.53. The molecule has 21 heavy (non-hydrogen) atoms. The van der Waals surface area contributed by atoms with Gasteiger partial charge < -0.3 is 9.80 Å². The van der Waals surface area contributed by atoms with Crippen LogP contribution in [-0.4, -0.2) is 36.9 Å². The van der Waals surface area contributed by atoms with E-state index < -0.39 is 0 Å². The summed E-state index contributed by atoms with van der Waals surface area (Å²) in [5.74, 6) is 1.39. The maximum absolute atomic E-state index is 8.47. The Morgan fingerprint density at radius 2 is 1.67 bits per heavy atom. The van der Waals surface area contributed by atoms with E-state index >= 15 is 0 Å². The Kier molecular flexibility index (Phi) is 4.69. The molecule has 0 bridgehead atoms. The van der Waals surface area contributed by atoms with Crippen molar-refractivity contribution >= 4 is 23.1 Å². The summed E-state index contributed by atoms with van der Waals surface area (Å²) in [6.45, 7) is 3.80. The first-order valence-electron chi connectivity index (χ1n) is 8.08. The predicted octanol–water partition coefficient (Wildman–Crippen LogP) is 4.02. The van der Waals surface area contributed by atoms with Crippen LogP contribution in [0.15, 0.2) is 24.3 Å². The van der Waals surface area contributed by atoms with Gasteiger partial charge >= 0.3 is 0 Å². The van der Waals surface area contributed by atoms with E-state index in [9.17, 15) is 0 Å². The third-order valence-electron chi connectivity index (χ3n) is 4.81. The maximum Gasteiger partial charge on any atom is 0.0990 e. The molecule has 114 valence electrons. The number of amidine groups is 1. The molecule has 0 radical (unpaired) electrons. The number of piperazine rings is 1. The Balaban J connectivity index is 1.57. The van der Waals surface area contributed by atoms with Crippen molar-refractivity contribution < 1.29 is 0 Å². The molecule has 1 saturated carbocycles. The summed E-state index contributed by atoms with van der Waals surface area (Å²) in [7, 11) is 0. The highest BCUT2D eigenvalue weighted by atomic mass is 35.5. The van der Waals surface area contributed by atoms with Crippen molar-refractivity contribution in [3.8, 4) is 0 Å². The number of para-hydroxylation sites is 1. The zero-order chi connectivity index (χ0) is 14.7. The van der Waals surface area contributed by atoms with E-state index in [1.54, 1.807) is 0 Å². The Labute approximate surface area is 132 Å². The molecule has 1 N–H and O–H groups in total. The van der Waals surface area contributed by atoms with Crippen LogP contribution in [0.3, 0.4) is 0 Å². The van der Waals surface area contributed by atoms with E-state index in [1.165, 1.54) is 32.1 Å². The Morgan fingerprint density at radius 3 is 2.33 bits per heavy atom. The van der Waals surface area contributed by atoms with Crippen molar-refractivity contribution in [2.24, 2.45) is 5.92 Å². The largest absolute Gasteiger partial charge is 0.367 e. The van der Waals surface area contributed by atoms with Crippen LogP contribution < -0.4 is 4.90 Å². The number of nitrogens with one attached hydrogen (secondary N) is 1. The van der Waals surface area contributed by atoms with Gasteiger partial charge in [0.1, 0.15) is 0 Å². The first kappa shape index (κ1) is 14.7. The number of hydrogen-bond donors (Lipinski definition) is 1. The minimum absolute atomic E-state index is 0.505. The Hall–Kier alpha value is -1.22. The van der Waals surface area contributed by atoms with Crippen LogP contribution in [0.4, 0.5) is 5.69 Å². The second kappa shape index (κ2) is 6.69. The zero-order valence-corrected chi connectivity index (χ0v) is 13.3. The second-order valence-corrected chi connectivity index (χ2v) is 6.55. The van der Waals surface area contributed by atoms with Crippen LogP contribution in [0.1, 0.15) is 32.1 Å². The number of halogens is 1. The minimum atomic E-state index is 0.505. The van der Waals surface area contributed by atoms with Gasteiger partial charge in [0.2, 0.25) is 0 Å². The van der Waals surface area contributed by atoms with Gasteiger partial charge in [-0.25, -0.2) is 0 Å². The first-order chi connectivity index (χ1) is 10.3. The second-order valence-electron chi connectivity index (χ2n) is 6.15. The lowest BCUT2D eigenvalue weighted by atomic mass is 9.88. The molecule has 4 heteroatoms. The van der Waals surface area contributed by atoms with E-state index in [0.29, 0.717) is 5.92 Å². The molecule has 0 spiro atoms. The molecule has 1 aliphatic carbocycles. The van der Waals surface area contributed by atoms with Gasteiger partial charge in [-0.1, -0.05) is 43.0 Å². The number of nitrogens with zero attached hydrogens (tertiary/aromatic N) is 2. The molecule has 0 aromatic heterocycles. The topological polar surface area (TPSA) is 30.3 Å². The van der Waals surface area contributed by atoms with Crippen molar-refractivity contribution in [1.82, 2.24) is 4.90 Å². The number of rotatable bonds is 2. The van der Waals surface area contributed by atoms with Gasteiger partial charge in [0.15, 0.2) is 0 Å². The monoisotopic (exact) mass is 305 g/mol. The van der Waals surface area contributed by atoms with Gasteiger partial charge in [-0.2, -0.15) is 0 Å². The molecular formula is C17H24ClN3. The van der Waals surface area contributed by atoms with Crippen LogP contribution in [0.5, 0.6) is 0 Å². The van der Waals surface area contributed by atoms with Crippen molar-refractivity contribution in [3.63, 3.8) is 0 Å². The van der Waals surface area contributed by atoms with Gasteiger partial charge in [-0.3, -0.25) is 5.41 Å². The number of hydrogen-bond acceptors (Lipinski definition) is 2. The molecule has 1 aromatic rings. The molecule has 2 aliphatic rings. The zero-order valence-electron chi connectivity index (χ0n) is 12.5. The molecule has 0 amide bonds. The summed E-state index contributed by atoms with van der Waals surface area (Å²) < 4.78 is 0. The summed E-state index contributed by atoms with van der Waals surface area (Å²) >= 11 is 6.28. The lowest BCUT2D eigenvalue weighted by Gasteiger charge is -2.40. The number of anilines is 1. The first-order valence-corrected chi connectivity index (χ1v) is 8.46. The van der Waals surface area contributed by atoms with Gasteiger partial charge in [-0.15, -0.1) is 0 Å². The predicted molar refractivity (Wildman–Crippen MR) is 89.5 cm³/mol. The van der Waals surface area contributed by atoms with E-state index in [4.69, 9.17) is 17.0 Å². The SMILES string of the molecule is N=C(C1CCCCC1)N1CCN(c2ccccc2Cl)CC1. The van der Waals surface area contributed by atoms with Crippen molar-refractivity contribution in [3.05, 3.63) is 29.3 Å². The van der Waals surface area contributed by atoms with Crippen LogP contribution in [0.25, 0.3) is 0 Å². The maximum atomic E-state index is 8.47. The molecule has 2 fully saturated rings. The molecule has 3 nitrogen and oxygen atoms in total. The summed E-state index contributed by atoms with van der Waals surface area (Å²) in [5.41, 5.74) is 1.13. The highest BCUT2D eigenvalue weighted by Gasteiger charge is 2.26. The summed E-state index contributed by atoms with van der Waals surface area (Å²) in [6, 6.07) is 8.05. The van der Waals surface area contributed by atoms with Gasteiger partial charge in [-0.05, 0) is 25.0 Å². The van der Waals surface area contributed by atoms with Crippen LogP contribution in [0, 0.1) is 11.3 Å². The Morgan fingerprint density at radius 1 is 1.00 bits per heavy atom. The molecular weight excluding hydrogens is 282 g/mol. The molecule has 1 saturated heterocycles. The van der Waals surface area contributed by atoms with E-state index in [-0.39, 0.29) is 0 Å². The standard InChI is InChI=1S/C17H24ClN3/c18-15-8-4-5-9-16(15)20-10-12-21(13-11-20)17(19)14-6-2-1-3-7-14/h4-5,8-9,14,19H,1-3,6-7,10-13H2. The third-order valence-corrected chi connectivity index (χ3v) is 5.12. The van der Waals surface area contributed by atoms with E-state index in [1.807, 2.05) is 18.2 Å². The van der Waals surface area contributed by atoms with E-state index in [0.717, 1.165) is 42.7 Å². The summed E-state index contributed by atoms with van der Waals surface area (Å²) in [4.78, 5) is 4.62. The minimum Gasteiger partial charge on any atom is -0.367 e. The Bertz CT molecular complexity index is 489. The smallest absolute Gasteiger partial charge is 0.0990 e. The third kappa shape index (κ3) is 3.34. The normalized spacial score (nSPS) is 20.6. The van der Waals surface area contributed by atoms with Gasteiger partial charge in [0, 0.05) is 32.1 Å². The fraction of sp³-hybridized carbons (Fsp3) is 0.588. The summed E-state index contributed by atoms with van der Waals surface area (Å²) in [6.07, 6.45) is 6.37. The van der Waals surface area contributed by atoms with Gasteiger partial charge in [0.25, 0.3) is 0 Å². The van der Waals surface area contributed by atoms with Crippen molar-refractivity contribution in [2.75, 3.05) is 31.1 Å². The van der Waals surface area contributed by atoms with Crippen molar-refractivity contribution in [1.29, 1.82) is 5.41 Å². The highest BCUT2D eigenvalue weighted by Crippen LogP contribution is 2.28. The van der Waals surface area contributed by atoms with Crippen molar-refractivity contribution in [2.45, 2.75) is 32.1 Å². The number of benzene rings is 1. The average Bonchev–Trinajstić information content (AvgIpc) is 2.56. The highest BCUT2D eigenvalue weighted by molar-refractivity contribution is 6.33. The van der Waals surface area contributed by atoms with E-state index in [2.05, 4.69) is 15.9 Å². The molecule has 1 heterocycles. The van der Waals surface area contributed by atoms with Crippen LogP contribution in [0.2, 0.25) is 5.02 Å². The fourth-order valence-corrected chi connectivity index (χ4v) is 3.79.